The second-order valence-electron chi connectivity index (χ2n) is 4.70. The van der Waals surface area contributed by atoms with Gasteiger partial charge in [-0.1, -0.05) is 36.4 Å². The summed E-state index contributed by atoms with van der Waals surface area (Å²) in [5.41, 5.74) is 1.39. The van der Waals surface area contributed by atoms with E-state index in [-0.39, 0.29) is 0 Å². The van der Waals surface area contributed by atoms with E-state index in [2.05, 4.69) is 58.5 Å². The predicted octanol–water partition coefficient (Wildman–Crippen LogP) is 2.94. The van der Waals surface area contributed by atoms with Gasteiger partial charge in [-0.05, 0) is 30.0 Å². The lowest BCUT2D eigenvalue weighted by Crippen LogP contribution is -2.33. The van der Waals surface area contributed by atoms with Crippen molar-refractivity contribution in [2.45, 2.75) is 25.0 Å². The molecule has 1 saturated heterocycles. The summed E-state index contributed by atoms with van der Waals surface area (Å²) in [7, 11) is 0. The minimum Gasteiger partial charge on any atom is -0.309 e. The Morgan fingerprint density at radius 2 is 2.06 bits per heavy atom. The Hall–Kier alpha value is -1.16. The average molecular weight is 258 g/mol. The van der Waals surface area contributed by atoms with Gasteiger partial charge < -0.3 is 10.6 Å². The van der Waals surface area contributed by atoms with Crippen LogP contribution in [-0.4, -0.2) is 12.6 Å². The molecule has 1 aromatic carbocycles. The number of hydrogen-bond acceptors (Lipinski definition) is 3. The van der Waals surface area contributed by atoms with Crippen molar-refractivity contribution in [1.29, 1.82) is 0 Å². The first-order valence-electron chi connectivity index (χ1n) is 6.47. The topological polar surface area (TPSA) is 24.1 Å². The van der Waals surface area contributed by atoms with Crippen LogP contribution in [0, 0.1) is 0 Å². The Labute approximate surface area is 112 Å². The van der Waals surface area contributed by atoms with Crippen LogP contribution in [0.1, 0.15) is 22.9 Å². The van der Waals surface area contributed by atoms with Crippen molar-refractivity contribution in [3.05, 3.63) is 58.3 Å². The second kappa shape index (κ2) is 5.65. The van der Waals surface area contributed by atoms with E-state index in [0.29, 0.717) is 12.1 Å². The van der Waals surface area contributed by atoms with E-state index < -0.39 is 0 Å². The Balaban J connectivity index is 1.65. The molecule has 94 valence electrons. The second-order valence-corrected chi connectivity index (χ2v) is 5.73. The van der Waals surface area contributed by atoms with Gasteiger partial charge in [-0.15, -0.1) is 11.3 Å². The number of hydrogen-bond donors (Lipinski definition) is 2. The highest BCUT2D eigenvalue weighted by molar-refractivity contribution is 7.09. The van der Waals surface area contributed by atoms with Crippen LogP contribution in [0.3, 0.4) is 0 Å². The quantitative estimate of drug-likeness (QED) is 0.881. The summed E-state index contributed by atoms with van der Waals surface area (Å²) >= 11 is 1.82. The SMILES string of the molecule is c1ccc([C@@H]2NCC[C@@H]2NCc2cccs2)cc1. The van der Waals surface area contributed by atoms with E-state index >= 15 is 0 Å². The van der Waals surface area contributed by atoms with E-state index in [4.69, 9.17) is 0 Å². The van der Waals surface area contributed by atoms with E-state index in [1.54, 1.807) is 0 Å². The number of rotatable bonds is 4. The van der Waals surface area contributed by atoms with Gasteiger partial charge in [0.15, 0.2) is 0 Å². The summed E-state index contributed by atoms with van der Waals surface area (Å²) in [5, 5.41) is 9.41. The number of thiophene rings is 1. The molecule has 2 atom stereocenters. The molecule has 0 bridgehead atoms. The van der Waals surface area contributed by atoms with Crippen LogP contribution in [-0.2, 0) is 6.54 Å². The molecule has 1 fully saturated rings. The fraction of sp³-hybridized carbons (Fsp3) is 0.333. The molecular weight excluding hydrogens is 240 g/mol. The molecule has 0 aliphatic carbocycles. The smallest absolute Gasteiger partial charge is 0.0476 e. The van der Waals surface area contributed by atoms with E-state index in [1.807, 2.05) is 11.3 Å². The molecule has 3 heteroatoms. The summed E-state index contributed by atoms with van der Waals surface area (Å²) < 4.78 is 0. The highest BCUT2D eigenvalue weighted by Crippen LogP contribution is 2.24. The molecule has 2 N–H and O–H groups in total. The van der Waals surface area contributed by atoms with E-state index in [0.717, 1.165) is 13.1 Å². The van der Waals surface area contributed by atoms with Crippen molar-refractivity contribution >= 4 is 11.3 Å². The van der Waals surface area contributed by atoms with E-state index in [1.165, 1.54) is 16.9 Å². The zero-order valence-corrected chi connectivity index (χ0v) is 11.1. The third kappa shape index (κ3) is 2.64. The van der Waals surface area contributed by atoms with Crippen LogP contribution in [0.15, 0.2) is 47.8 Å². The standard InChI is InChI=1S/C15H18N2S/c1-2-5-12(6-3-1)15-14(8-9-16-15)17-11-13-7-4-10-18-13/h1-7,10,14-17H,8-9,11H2/t14-,15-/m0/s1. The molecule has 2 aromatic rings. The van der Waals surface area contributed by atoms with Crippen molar-refractivity contribution in [3.63, 3.8) is 0 Å². The summed E-state index contributed by atoms with van der Waals surface area (Å²) in [5.74, 6) is 0. The van der Waals surface area contributed by atoms with Crippen molar-refractivity contribution in [2.75, 3.05) is 6.54 Å². The fourth-order valence-corrected chi connectivity index (χ4v) is 3.23. The molecule has 3 rings (SSSR count). The molecule has 1 aliphatic rings. The normalized spacial score (nSPS) is 23.3. The van der Waals surface area contributed by atoms with Gasteiger partial charge in [0.1, 0.15) is 0 Å². The van der Waals surface area contributed by atoms with Crippen molar-refractivity contribution in [3.8, 4) is 0 Å². The third-order valence-corrected chi connectivity index (χ3v) is 4.38. The van der Waals surface area contributed by atoms with Gasteiger partial charge in [-0.25, -0.2) is 0 Å². The molecule has 18 heavy (non-hydrogen) atoms. The van der Waals surface area contributed by atoms with Crippen LogP contribution < -0.4 is 10.6 Å². The van der Waals surface area contributed by atoms with Gasteiger partial charge in [-0.3, -0.25) is 0 Å². The highest BCUT2D eigenvalue weighted by Gasteiger charge is 2.27. The van der Waals surface area contributed by atoms with Crippen LogP contribution in [0.2, 0.25) is 0 Å². The monoisotopic (exact) mass is 258 g/mol. The molecule has 0 amide bonds. The number of nitrogens with one attached hydrogen (secondary N) is 2. The Kier molecular flexibility index (Phi) is 3.74. The Morgan fingerprint density at radius 3 is 2.83 bits per heavy atom. The van der Waals surface area contributed by atoms with Gasteiger partial charge >= 0.3 is 0 Å². The molecule has 0 unspecified atom stereocenters. The van der Waals surface area contributed by atoms with Crippen LogP contribution in [0.25, 0.3) is 0 Å². The lowest BCUT2D eigenvalue weighted by molar-refractivity contribution is 0.463. The van der Waals surface area contributed by atoms with E-state index in [9.17, 15) is 0 Å². The maximum Gasteiger partial charge on any atom is 0.0476 e. The zero-order chi connectivity index (χ0) is 12.2. The zero-order valence-electron chi connectivity index (χ0n) is 10.3. The first-order chi connectivity index (χ1) is 8.93. The first-order valence-corrected chi connectivity index (χ1v) is 7.35. The van der Waals surface area contributed by atoms with Gasteiger partial charge in [0.25, 0.3) is 0 Å². The minimum atomic E-state index is 0.450. The molecule has 2 nitrogen and oxygen atoms in total. The highest BCUT2D eigenvalue weighted by atomic mass is 32.1. The van der Waals surface area contributed by atoms with Crippen LogP contribution >= 0.6 is 11.3 Å². The van der Waals surface area contributed by atoms with Crippen molar-refractivity contribution in [1.82, 2.24) is 10.6 Å². The molecule has 2 heterocycles. The lowest BCUT2D eigenvalue weighted by Gasteiger charge is -2.21. The summed E-state index contributed by atoms with van der Waals surface area (Å²) in [6, 6.07) is 16.0. The predicted molar refractivity (Wildman–Crippen MR) is 76.7 cm³/mol. The van der Waals surface area contributed by atoms with Crippen molar-refractivity contribution < 1.29 is 0 Å². The lowest BCUT2D eigenvalue weighted by atomic mass is 10.0. The fourth-order valence-electron chi connectivity index (χ4n) is 2.58. The molecule has 1 aromatic heterocycles. The molecule has 0 saturated carbocycles. The molecule has 0 radical (unpaired) electrons. The molecular formula is C15H18N2S. The number of benzene rings is 1. The first kappa shape index (κ1) is 11.9. The Morgan fingerprint density at radius 1 is 1.17 bits per heavy atom. The Bertz CT molecular complexity index is 467. The van der Waals surface area contributed by atoms with Crippen LogP contribution in [0.5, 0.6) is 0 Å². The maximum atomic E-state index is 3.68. The third-order valence-electron chi connectivity index (χ3n) is 3.50. The molecule has 1 aliphatic heterocycles. The molecule has 0 spiro atoms. The average Bonchev–Trinajstić information content (AvgIpc) is 3.09. The van der Waals surface area contributed by atoms with Gasteiger partial charge in [-0.2, -0.15) is 0 Å². The van der Waals surface area contributed by atoms with Gasteiger partial charge in [0, 0.05) is 23.5 Å². The summed E-state index contributed by atoms with van der Waals surface area (Å²) in [4.78, 5) is 1.41. The maximum absolute atomic E-state index is 3.68. The van der Waals surface area contributed by atoms with Gasteiger partial charge in [0.2, 0.25) is 0 Å². The summed E-state index contributed by atoms with van der Waals surface area (Å²) in [6.07, 6.45) is 1.20. The largest absolute Gasteiger partial charge is 0.309 e. The van der Waals surface area contributed by atoms with Crippen molar-refractivity contribution in [2.24, 2.45) is 0 Å². The minimum absolute atomic E-state index is 0.450. The summed E-state index contributed by atoms with van der Waals surface area (Å²) in [6.45, 7) is 2.08. The van der Waals surface area contributed by atoms with Gasteiger partial charge in [0.05, 0.1) is 0 Å². The van der Waals surface area contributed by atoms with Crippen LogP contribution in [0.4, 0.5) is 0 Å².